The molecule has 6 atom stereocenters. The number of esters is 2. The van der Waals surface area contributed by atoms with Gasteiger partial charge in [0.2, 0.25) is 0 Å². The molecule has 0 spiro atoms. The summed E-state index contributed by atoms with van der Waals surface area (Å²) in [5.41, 5.74) is 1.80. The van der Waals surface area contributed by atoms with E-state index in [0.29, 0.717) is 24.9 Å². The van der Waals surface area contributed by atoms with Crippen LogP contribution in [-0.4, -0.2) is 36.8 Å². The van der Waals surface area contributed by atoms with Gasteiger partial charge in [-0.2, -0.15) is 0 Å². The quantitative estimate of drug-likeness (QED) is 0.0755. The van der Waals surface area contributed by atoms with E-state index >= 15 is 0 Å². The summed E-state index contributed by atoms with van der Waals surface area (Å²) in [5, 5.41) is 2.69. The molecule has 0 saturated heterocycles. The Kier molecular flexibility index (Phi) is 15.3. The minimum absolute atomic E-state index is 0.0796. The van der Waals surface area contributed by atoms with Gasteiger partial charge in [0.25, 0.3) is 0 Å². The Hall–Kier alpha value is -3.61. The minimum atomic E-state index is -0.823. The van der Waals surface area contributed by atoms with Crippen molar-refractivity contribution in [1.82, 2.24) is 5.32 Å². The van der Waals surface area contributed by atoms with Gasteiger partial charge >= 0.3 is 18.0 Å². The van der Waals surface area contributed by atoms with Gasteiger partial charge in [-0.25, -0.2) is 14.4 Å². The van der Waals surface area contributed by atoms with Gasteiger partial charge in [0.1, 0.15) is 18.8 Å². The fourth-order valence-corrected chi connectivity index (χ4v) is 7.42. The number of nitrogens with one attached hydrogen (secondary N) is 1. The van der Waals surface area contributed by atoms with Crippen LogP contribution in [0.4, 0.5) is 4.79 Å². The van der Waals surface area contributed by atoms with Crippen LogP contribution in [0.3, 0.4) is 0 Å². The molecule has 2 saturated carbocycles. The second kappa shape index (κ2) is 19.9. The highest BCUT2D eigenvalue weighted by atomic mass is 16.6. The number of allylic oxidation sites excluding steroid dienone is 1. The Bertz CT molecular complexity index is 1240. The molecule has 0 radical (unpaired) electrons. The normalized spacial score (nSPS) is 22.7. The SMILES string of the molecule is CC1CC2CC(C)C(OC(=O)/C=C/CCCCCCCCCOC(=O)C(Cc3ccccc3)NC(=O)OCc3ccccc3)C(C1)C2. The van der Waals surface area contributed by atoms with Gasteiger partial charge < -0.3 is 19.5 Å². The highest BCUT2D eigenvalue weighted by molar-refractivity contribution is 5.82. The van der Waals surface area contributed by atoms with E-state index in [1.54, 1.807) is 6.08 Å². The van der Waals surface area contributed by atoms with E-state index in [4.69, 9.17) is 14.2 Å². The fourth-order valence-electron chi connectivity index (χ4n) is 7.42. The average molecular weight is 646 g/mol. The standard InChI is InChI=1S/C40H55NO6/c1-30-24-34-26-31(2)38(35(25-30)27-34)47-37(42)22-16-8-6-4-3-5-7-9-17-23-45-39(43)36(28-32-18-12-10-13-19-32)41-40(44)46-29-33-20-14-11-15-21-33/h10-16,18-22,30-31,34-36,38H,3-9,17,23-29H2,1-2H3,(H,41,44)/b22-16+. The predicted octanol–water partition coefficient (Wildman–Crippen LogP) is 8.75. The van der Waals surface area contributed by atoms with Gasteiger partial charge in [-0.1, -0.05) is 113 Å². The summed E-state index contributed by atoms with van der Waals surface area (Å²) in [7, 11) is 0. The summed E-state index contributed by atoms with van der Waals surface area (Å²) in [4.78, 5) is 37.9. The lowest BCUT2D eigenvalue weighted by atomic mass is 9.64. The Morgan fingerprint density at radius 1 is 0.787 bits per heavy atom. The summed E-state index contributed by atoms with van der Waals surface area (Å²) in [6, 6.07) is 18.2. The van der Waals surface area contributed by atoms with E-state index in [9.17, 15) is 14.4 Å². The monoisotopic (exact) mass is 645 g/mol. The highest BCUT2D eigenvalue weighted by Crippen LogP contribution is 2.46. The van der Waals surface area contributed by atoms with Crippen molar-refractivity contribution in [1.29, 1.82) is 0 Å². The number of hydrogen-bond acceptors (Lipinski definition) is 6. The molecule has 2 aliphatic rings. The maximum absolute atomic E-state index is 12.9. The zero-order valence-corrected chi connectivity index (χ0v) is 28.4. The third kappa shape index (κ3) is 13.2. The second-order valence-electron chi connectivity index (χ2n) is 13.8. The van der Waals surface area contributed by atoms with Crippen molar-refractivity contribution in [3.63, 3.8) is 0 Å². The number of amides is 1. The van der Waals surface area contributed by atoms with Crippen LogP contribution in [0.2, 0.25) is 0 Å². The Labute approximate surface area is 281 Å². The zero-order chi connectivity index (χ0) is 33.3. The molecule has 2 aromatic rings. The predicted molar refractivity (Wildman–Crippen MR) is 184 cm³/mol. The summed E-state index contributed by atoms with van der Waals surface area (Å²) in [6.45, 7) is 5.04. The van der Waals surface area contributed by atoms with Crippen molar-refractivity contribution in [2.24, 2.45) is 23.7 Å². The van der Waals surface area contributed by atoms with Gasteiger partial charge in [0.05, 0.1) is 6.61 Å². The van der Waals surface area contributed by atoms with Crippen LogP contribution in [0.1, 0.15) is 102 Å². The highest BCUT2D eigenvalue weighted by Gasteiger charge is 2.41. The van der Waals surface area contributed by atoms with Crippen LogP contribution in [0.5, 0.6) is 0 Å². The number of carbonyl (C=O) groups excluding carboxylic acids is 3. The van der Waals surface area contributed by atoms with Crippen LogP contribution in [0.15, 0.2) is 72.8 Å². The number of rotatable bonds is 18. The molecule has 47 heavy (non-hydrogen) atoms. The van der Waals surface area contributed by atoms with Gasteiger partial charge in [0, 0.05) is 12.5 Å². The summed E-state index contributed by atoms with van der Waals surface area (Å²) < 4.78 is 16.8. The third-order valence-corrected chi connectivity index (χ3v) is 9.65. The molecule has 0 aromatic heterocycles. The molecule has 6 unspecified atom stereocenters. The van der Waals surface area contributed by atoms with E-state index in [2.05, 4.69) is 19.2 Å². The van der Waals surface area contributed by atoms with Crippen LogP contribution < -0.4 is 5.32 Å². The van der Waals surface area contributed by atoms with Gasteiger partial charge in [0.15, 0.2) is 0 Å². The number of benzene rings is 2. The van der Waals surface area contributed by atoms with Crippen LogP contribution in [-0.2, 0) is 36.8 Å². The first-order chi connectivity index (χ1) is 22.9. The summed E-state index contributed by atoms with van der Waals surface area (Å²) in [5.74, 6) is 1.93. The van der Waals surface area contributed by atoms with Crippen LogP contribution in [0, 0.1) is 23.7 Å². The fraction of sp³-hybridized carbons (Fsp3) is 0.575. The van der Waals surface area contributed by atoms with Gasteiger partial charge in [-0.05, 0) is 79.7 Å². The molecule has 0 aliphatic heterocycles. The van der Waals surface area contributed by atoms with E-state index in [-0.39, 0.29) is 18.7 Å². The molecule has 7 heteroatoms. The lowest BCUT2D eigenvalue weighted by molar-refractivity contribution is -0.155. The molecule has 1 amide bonds. The lowest BCUT2D eigenvalue weighted by Crippen LogP contribution is -2.43. The summed E-state index contributed by atoms with van der Waals surface area (Å²) in [6.07, 6.45) is 16.5. The number of carbonyl (C=O) groups is 3. The first-order valence-corrected chi connectivity index (χ1v) is 17.9. The number of hydrogen-bond donors (Lipinski definition) is 1. The largest absolute Gasteiger partial charge is 0.464 e. The van der Waals surface area contributed by atoms with Crippen molar-refractivity contribution in [2.45, 2.75) is 116 Å². The minimum Gasteiger partial charge on any atom is -0.464 e. The number of fused-ring (bicyclic) bond motifs is 2. The van der Waals surface area contributed by atoms with Crippen molar-refractivity contribution in [3.8, 4) is 0 Å². The van der Waals surface area contributed by atoms with Crippen molar-refractivity contribution >= 4 is 18.0 Å². The van der Waals surface area contributed by atoms with Crippen molar-refractivity contribution in [2.75, 3.05) is 6.61 Å². The second-order valence-corrected chi connectivity index (χ2v) is 13.8. The van der Waals surface area contributed by atoms with Crippen molar-refractivity contribution in [3.05, 3.63) is 83.9 Å². The number of alkyl carbamates (subject to hydrolysis) is 1. The number of unbranched alkanes of at least 4 members (excludes halogenated alkanes) is 7. The third-order valence-electron chi connectivity index (χ3n) is 9.65. The molecule has 0 heterocycles. The van der Waals surface area contributed by atoms with Crippen LogP contribution >= 0.6 is 0 Å². The molecular weight excluding hydrogens is 590 g/mol. The smallest absolute Gasteiger partial charge is 0.408 e. The Morgan fingerprint density at radius 3 is 2.17 bits per heavy atom. The molecule has 2 fully saturated rings. The lowest BCUT2D eigenvalue weighted by Gasteiger charge is -2.45. The molecule has 2 bridgehead atoms. The van der Waals surface area contributed by atoms with E-state index in [0.717, 1.165) is 74.3 Å². The van der Waals surface area contributed by atoms with Crippen molar-refractivity contribution < 1.29 is 28.6 Å². The summed E-state index contributed by atoms with van der Waals surface area (Å²) >= 11 is 0. The Morgan fingerprint density at radius 2 is 1.45 bits per heavy atom. The maximum atomic E-state index is 12.9. The van der Waals surface area contributed by atoms with E-state index < -0.39 is 18.1 Å². The first-order valence-electron chi connectivity index (χ1n) is 17.9. The van der Waals surface area contributed by atoms with Gasteiger partial charge in [-0.3, -0.25) is 0 Å². The van der Waals surface area contributed by atoms with Gasteiger partial charge in [-0.15, -0.1) is 0 Å². The van der Waals surface area contributed by atoms with Crippen LogP contribution in [0.25, 0.3) is 0 Å². The number of ether oxygens (including phenoxy) is 3. The molecule has 2 aliphatic carbocycles. The van der Waals surface area contributed by atoms with E-state index in [1.807, 2.05) is 66.7 Å². The first kappa shape index (κ1) is 36.2. The molecule has 2 aromatic carbocycles. The van der Waals surface area contributed by atoms with E-state index in [1.165, 1.54) is 25.7 Å². The molecule has 7 nitrogen and oxygen atoms in total. The molecule has 4 rings (SSSR count). The Balaban J connectivity index is 1.04. The molecule has 1 N–H and O–H groups in total. The average Bonchev–Trinajstić information content (AvgIpc) is 3.06. The topological polar surface area (TPSA) is 90.9 Å². The zero-order valence-electron chi connectivity index (χ0n) is 28.4. The molecule has 256 valence electrons. The maximum Gasteiger partial charge on any atom is 0.408 e. The molecular formula is C40H55NO6.